The van der Waals surface area contributed by atoms with Crippen LogP contribution in [0.5, 0.6) is 0 Å². The quantitative estimate of drug-likeness (QED) is 0.0786. The van der Waals surface area contributed by atoms with E-state index in [0.717, 1.165) is 51.4 Å². The van der Waals surface area contributed by atoms with Crippen LogP contribution >= 0.6 is 0 Å². The van der Waals surface area contributed by atoms with E-state index in [4.69, 9.17) is 9.47 Å². The number of carbonyl (C=O) groups is 1. The van der Waals surface area contributed by atoms with Gasteiger partial charge in [0.25, 0.3) is 0 Å². The normalized spacial score (nSPS) is 24.9. The van der Waals surface area contributed by atoms with Gasteiger partial charge in [0, 0.05) is 6.42 Å². The van der Waals surface area contributed by atoms with Crippen molar-refractivity contribution < 1.29 is 39.8 Å². The fraction of sp³-hybridized carbons (Fsp3) is 0.781. The second-order valence-electron chi connectivity index (χ2n) is 10.9. The molecule has 1 heterocycles. The Labute approximate surface area is 247 Å². The fourth-order valence-corrected chi connectivity index (χ4v) is 4.60. The third-order valence-electron chi connectivity index (χ3n) is 7.21. The summed E-state index contributed by atoms with van der Waals surface area (Å²) >= 11 is 0. The molecule has 1 saturated heterocycles. The molecule has 1 aliphatic heterocycles. The van der Waals surface area contributed by atoms with E-state index in [1.165, 1.54) is 32.1 Å². The summed E-state index contributed by atoms with van der Waals surface area (Å²) in [6.45, 7) is 3.53. The molecule has 1 rings (SSSR count). The number of unbranched alkanes of at least 4 members (excludes halogenated alkanes) is 9. The van der Waals surface area contributed by atoms with Crippen LogP contribution in [0.1, 0.15) is 104 Å². The van der Waals surface area contributed by atoms with Crippen LogP contribution in [0.25, 0.3) is 0 Å². The Morgan fingerprint density at radius 1 is 0.829 bits per heavy atom. The molecule has 0 aromatic carbocycles. The lowest BCUT2D eigenvalue weighted by Gasteiger charge is -2.40. The number of carbonyl (C=O) groups excluding carboxylic acids is 1. The summed E-state index contributed by atoms with van der Waals surface area (Å²) in [5.41, 5.74) is 0. The SMILES string of the molecule is CC/C=C/CC/C=C/CC/C=C/C(O)C(COC1OC(CO)C(O)C(O)C1O)NC(=O)CCCCCCCCCC. The molecule has 0 saturated carbocycles. The highest BCUT2D eigenvalue weighted by Gasteiger charge is 2.44. The van der Waals surface area contributed by atoms with Crippen LogP contribution in [0.3, 0.4) is 0 Å². The van der Waals surface area contributed by atoms with Crippen LogP contribution in [0.15, 0.2) is 36.5 Å². The van der Waals surface area contributed by atoms with Gasteiger partial charge in [-0.1, -0.05) is 95.2 Å². The minimum absolute atomic E-state index is 0.203. The first-order valence-electron chi connectivity index (χ1n) is 15.7. The molecule has 1 fully saturated rings. The van der Waals surface area contributed by atoms with Crippen molar-refractivity contribution in [2.24, 2.45) is 0 Å². The van der Waals surface area contributed by atoms with E-state index in [9.17, 15) is 30.3 Å². The Hall–Kier alpha value is -1.59. The van der Waals surface area contributed by atoms with E-state index in [0.29, 0.717) is 6.42 Å². The summed E-state index contributed by atoms with van der Waals surface area (Å²) in [6.07, 6.45) is 17.9. The maximum absolute atomic E-state index is 12.7. The summed E-state index contributed by atoms with van der Waals surface area (Å²) < 4.78 is 11.0. The molecule has 41 heavy (non-hydrogen) atoms. The number of allylic oxidation sites excluding steroid dienone is 5. The smallest absolute Gasteiger partial charge is 0.220 e. The van der Waals surface area contributed by atoms with E-state index in [1.807, 2.05) is 6.08 Å². The van der Waals surface area contributed by atoms with Crippen molar-refractivity contribution in [1.29, 1.82) is 0 Å². The monoisotopic (exact) mass is 583 g/mol. The Balaban J connectivity index is 2.62. The Bertz CT molecular complexity index is 741. The molecule has 0 bridgehead atoms. The van der Waals surface area contributed by atoms with Gasteiger partial charge in [-0.05, 0) is 38.5 Å². The van der Waals surface area contributed by atoms with Crippen LogP contribution < -0.4 is 5.32 Å². The molecule has 9 nitrogen and oxygen atoms in total. The molecular weight excluding hydrogens is 526 g/mol. The summed E-state index contributed by atoms with van der Waals surface area (Å²) in [7, 11) is 0. The summed E-state index contributed by atoms with van der Waals surface area (Å²) in [4.78, 5) is 12.7. The molecule has 0 aromatic heterocycles. The predicted molar refractivity (Wildman–Crippen MR) is 161 cm³/mol. The number of aliphatic hydroxyl groups is 5. The lowest BCUT2D eigenvalue weighted by molar-refractivity contribution is -0.302. The first-order valence-corrected chi connectivity index (χ1v) is 15.7. The Morgan fingerprint density at radius 3 is 2.02 bits per heavy atom. The number of hydrogen-bond donors (Lipinski definition) is 6. The molecule has 0 spiro atoms. The van der Waals surface area contributed by atoms with Crippen molar-refractivity contribution in [2.75, 3.05) is 13.2 Å². The molecule has 0 aromatic rings. The van der Waals surface area contributed by atoms with Gasteiger partial charge in [-0.25, -0.2) is 0 Å². The lowest BCUT2D eigenvalue weighted by Crippen LogP contribution is -2.60. The summed E-state index contributed by atoms with van der Waals surface area (Å²) in [6, 6.07) is -0.818. The van der Waals surface area contributed by atoms with Gasteiger partial charge in [-0.3, -0.25) is 4.79 Å². The van der Waals surface area contributed by atoms with Gasteiger partial charge >= 0.3 is 0 Å². The number of rotatable bonds is 23. The average Bonchev–Trinajstić information content (AvgIpc) is 2.97. The minimum Gasteiger partial charge on any atom is -0.394 e. The molecule has 6 N–H and O–H groups in total. The standard InChI is InChI=1S/C32H57NO8/c1-3-5-7-9-11-13-14-15-17-19-21-26(35)25(33-28(36)22-20-18-16-12-10-8-6-4-2)24-40-32-31(39)30(38)29(37)27(23-34)41-32/h5,7,13-14,19,21,25-27,29-32,34-35,37-39H,3-4,6,8-12,15-18,20,22-24H2,1-2H3,(H,33,36)/b7-5+,14-13+,21-19+. The maximum Gasteiger partial charge on any atom is 0.220 e. The van der Waals surface area contributed by atoms with E-state index in [2.05, 4.69) is 43.5 Å². The van der Waals surface area contributed by atoms with Gasteiger partial charge in [-0.15, -0.1) is 0 Å². The largest absolute Gasteiger partial charge is 0.394 e. The van der Waals surface area contributed by atoms with Crippen LogP contribution in [0.2, 0.25) is 0 Å². The van der Waals surface area contributed by atoms with Crippen LogP contribution in [-0.2, 0) is 14.3 Å². The Morgan fingerprint density at radius 2 is 1.41 bits per heavy atom. The molecule has 0 radical (unpaired) electrons. The van der Waals surface area contributed by atoms with E-state index in [-0.39, 0.29) is 12.5 Å². The first-order chi connectivity index (χ1) is 19.8. The fourth-order valence-electron chi connectivity index (χ4n) is 4.60. The van der Waals surface area contributed by atoms with Crippen molar-refractivity contribution in [1.82, 2.24) is 5.32 Å². The van der Waals surface area contributed by atoms with Gasteiger partial charge in [0.05, 0.1) is 25.4 Å². The first kappa shape index (κ1) is 37.4. The molecule has 1 aliphatic rings. The summed E-state index contributed by atoms with van der Waals surface area (Å²) in [5.74, 6) is -0.203. The van der Waals surface area contributed by atoms with Gasteiger partial charge < -0.3 is 40.3 Å². The third kappa shape index (κ3) is 16.6. The zero-order chi connectivity index (χ0) is 30.3. The summed E-state index contributed by atoms with van der Waals surface area (Å²) in [5, 5.41) is 53.4. The van der Waals surface area contributed by atoms with Crippen molar-refractivity contribution in [3.63, 3.8) is 0 Å². The molecule has 7 atom stereocenters. The highest BCUT2D eigenvalue weighted by atomic mass is 16.7. The van der Waals surface area contributed by atoms with Gasteiger partial charge in [0.2, 0.25) is 5.91 Å². The van der Waals surface area contributed by atoms with Crippen LogP contribution in [0.4, 0.5) is 0 Å². The van der Waals surface area contributed by atoms with E-state index < -0.39 is 49.5 Å². The second kappa shape index (κ2) is 23.9. The molecular formula is C32H57NO8. The van der Waals surface area contributed by atoms with Gasteiger partial charge in [0.1, 0.15) is 24.4 Å². The second-order valence-corrected chi connectivity index (χ2v) is 10.9. The predicted octanol–water partition coefficient (Wildman–Crippen LogP) is 3.82. The van der Waals surface area contributed by atoms with Crippen LogP contribution in [-0.4, -0.2) is 87.5 Å². The molecule has 9 heteroatoms. The number of aliphatic hydroxyl groups excluding tert-OH is 5. The third-order valence-corrected chi connectivity index (χ3v) is 7.21. The number of hydrogen-bond acceptors (Lipinski definition) is 8. The zero-order valence-electron chi connectivity index (χ0n) is 25.3. The number of nitrogens with one attached hydrogen (secondary N) is 1. The van der Waals surface area contributed by atoms with Crippen molar-refractivity contribution in [3.8, 4) is 0 Å². The van der Waals surface area contributed by atoms with Crippen molar-refractivity contribution in [3.05, 3.63) is 36.5 Å². The van der Waals surface area contributed by atoms with Gasteiger partial charge in [0.15, 0.2) is 6.29 Å². The van der Waals surface area contributed by atoms with Crippen LogP contribution in [0, 0.1) is 0 Å². The zero-order valence-corrected chi connectivity index (χ0v) is 25.3. The topological polar surface area (TPSA) is 149 Å². The molecule has 7 unspecified atom stereocenters. The van der Waals surface area contributed by atoms with Crippen molar-refractivity contribution in [2.45, 2.75) is 147 Å². The lowest BCUT2D eigenvalue weighted by atomic mass is 9.99. The highest BCUT2D eigenvalue weighted by Crippen LogP contribution is 2.22. The minimum atomic E-state index is -1.57. The van der Waals surface area contributed by atoms with Crippen molar-refractivity contribution >= 4 is 5.91 Å². The average molecular weight is 584 g/mol. The van der Waals surface area contributed by atoms with Gasteiger partial charge in [-0.2, -0.15) is 0 Å². The molecule has 238 valence electrons. The number of amides is 1. The van der Waals surface area contributed by atoms with E-state index >= 15 is 0 Å². The number of ether oxygens (including phenoxy) is 2. The van der Waals surface area contributed by atoms with E-state index in [1.54, 1.807) is 6.08 Å². The highest BCUT2D eigenvalue weighted by molar-refractivity contribution is 5.76. The molecule has 1 amide bonds. The Kier molecular flexibility index (Phi) is 21.8. The molecule has 0 aliphatic carbocycles. The maximum atomic E-state index is 12.7.